The zero-order valence-electron chi connectivity index (χ0n) is 19.9. The van der Waals surface area contributed by atoms with Gasteiger partial charge in [-0.2, -0.15) is 4.31 Å². The molecule has 0 radical (unpaired) electrons. The first kappa shape index (κ1) is 25.7. The summed E-state index contributed by atoms with van der Waals surface area (Å²) in [4.78, 5) is 26.7. The molecule has 0 bridgehead atoms. The Bertz CT molecular complexity index is 1100. The van der Waals surface area contributed by atoms with Gasteiger partial charge in [-0.3, -0.25) is 9.59 Å². The SMILES string of the molecule is CCOC(=O)CCN(CC1CC1)C(=O)c1ccc(OC)c(S(=O)(=O)N(C)Cc2ccccc2)c1. The second-order valence-corrected chi connectivity index (χ2v) is 10.4. The molecule has 0 saturated heterocycles. The Morgan fingerprint density at radius 3 is 2.41 bits per heavy atom. The van der Waals surface area contributed by atoms with Gasteiger partial charge in [0.1, 0.15) is 10.6 Å². The van der Waals surface area contributed by atoms with E-state index in [1.165, 1.54) is 30.6 Å². The van der Waals surface area contributed by atoms with E-state index in [-0.39, 0.29) is 54.2 Å². The number of carbonyl (C=O) groups is 2. The van der Waals surface area contributed by atoms with Gasteiger partial charge in [0.05, 0.1) is 20.1 Å². The molecular formula is C25H32N2O6S. The number of hydrogen-bond donors (Lipinski definition) is 0. The molecule has 34 heavy (non-hydrogen) atoms. The predicted molar refractivity (Wildman–Crippen MR) is 128 cm³/mol. The molecule has 8 nitrogen and oxygen atoms in total. The number of amides is 1. The number of carbonyl (C=O) groups excluding carboxylic acids is 2. The van der Waals surface area contributed by atoms with E-state index in [9.17, 15) is 18.0 Å². The molecule has 2 aromatic carbocycles. The minimum atomic E-state index is -3.94. The molecule has 2 aromatic rings. The lowest BCUT2D eigenvalue weighted by molar-refractivity contribution is -0.143. The Morgan fingerprint density at radius 2 is 1.79 bits per heavy atom. The Labute approximate surface area is 201 Å². The third-order valence-corrected chi connectivity index (χ3v) is 7.53. The average Bonchev–Trinajstić information content (AvgIpc) is 3.66. The van der Waals surface area contributed by atoms with E-state index >= 15 is 0 Å². The van der Waals surface area contributed by atoms with Crippen molar-refractivity contribution in [1.82, 2.24) is 9.21 Å². The normalized spacial score (nSPS) is 13.5. The number of hydrogen-bond acceptors (Lipinski definition) is 6. The van der Waals surface area contributed by atoms with Crippen molar-refractivity contribution >= 4 is 21.9 Å². The van der Waals surface area contributed by atoms with E-state index in [1.807, 2.05) is 30.3 Å². The van der Waals surface area contributed by atoms with Crippen molar-refractivity contribution in [2.75, 3.05) is 33.9 Å². The lowest BCUT2D eigenvalue weighted by atomic mass is 10.1. The number of esters is 1. The van der Waals surface area contributed by atoms with Gasteiger partial charge >= 0.3 is 5.97 Å². The topological polar surface area (TPSA) is 93.2 Å². The highest BCUT2D eigenvalue weighted by molar-refractivity contribution is 7.89. The van der Waals surface area contributed by atoms with Crippen LogP contribution in [0.5, 0.6) is 5.75 Å². The standard InChI is InChI=1S/C25H32N2O6S/c1-4-33-24(28)14-15-27(18-20-10-11-20)25(29)21-12-13-22(32-3)23(16-21)34(30,31)26(2)17-19-8-6-5-7-9-19/h5-9,12-13,16,20H,4,10-11,14-15,17-18H2,1-3H3. The minimum Gasteiger partial charge on any atom is -0.495 e. The molecule has 0 aliphatic heterocycles. The highest BCUT2D eigenvalue weighted by Gasteiger charge is 2.30. The quantitative estimate of drug-likeness (QED) is 0.426. The van der Waals surface area contributed by atoms with Crippen LogP contribution in [-0.2, 0) is 26.1 Å². The van der Waals surface area contributed by atoms with Gasteiger partial charge < -0.3 is 14.4 Å². The maximum atomic E-state index is 13.4. The monoisotopic (exact) mass is 488 g/mol. The number of rotatable bonds is 12. The fourth-order valence-corrected chi connectivity index (χ4v) is 4.97. The van der Waals surface area contributed by atoms with E-state index in [0.717, 1.165) is 18.4 Å². The van der Waals surface area contributed by atoms with Crippen molar-refractivity contribution < 1.29 is 27.5 Å². The molecule has 1 aliphatic carbocycles. The van der Waals surface area contributed by atoms with Crippen LogP contribution < -0.4 is 4.74 Å². The highest BCUT2D eigenvalue weighted by atomic mass is 32.2. The van der Waals surface area contributed by atoms with E-state index in [4.69, 9.17) is 9.47 Å². The van der Waals surface area contributed by atoms with Crippen LogP contribution in [0.4, 0.5) is 0 Å². The number of methoxy groups -OCH3 is 1. The maximum Gasteiger partial charge on any atom is 0.307 e. The van der Waals surface area contributed by atoms with Crippen LogP contribution in [0, 0.1) is 5.92 Å². The third kappa shape index (κ3) is 6.57. The van der Waals surface area contributed by atoms with Crippen LogP contribution in [0.2, 0.25) is 0 Å². The van der Waals surface area contributed by atoms with Crippen LogP contribution >= 0.6 is 0 Å². The Balaban J connectivity index is 1.85. The summed E-state index contributed by atoms with van der Waals surface area (Å²) >= 11 is 0. The molecule has 0 N–H and O–H groups in total. The summed E-state index contributed by atoms with van der Waals surface area (Å²) in [5.41, 5.74) is 1.08. The van der Waals surface area contributed by atoms with Gasteiger partial charge in [-0.1, -0.05) is 30.3 Å². The Kier molecular flexibility index (Phi) is 8.68. The zero-order chi connectivity index (χ0) is 24.7. The first-order chi connectivity index (χ1) is 16.3. The average molecular weight is 489 g/mol. The minimum absolute atomic E-state index is 0.0731. The molecule has 0 aromatic heterocycles. The van der Waals surface area contributed by atoms with Gasteiger partial charge in [0.25, 0.3) is 5.91 Å². The second kappa shape index (κ2) is 11.5. The molecule has 0 atom stereocenters. The van der Waals surface area contributed by atoms with Gasteiger partial charge in [-0.15, -0.1) is 0 Å². The first-order valence-electron chi connectivity index (χ1n) is 11.4. The summed E-state index contributed by atoms with van der Waals surface area (Å²) in [6, 6.07) is 13.7. The predicted octanol–water partition coefficient (Wildman–Crippen LogP) is 3.32. The van der Waals surface area contributed by atoms with Crippen molar-refractivity contribution in [3.8, 4) is 5.75 Å². The molecule has 0 spiro atoms. The van der Waals surface area contributed by atoms with Crippen LogP contribution in [0.1, 0.15) is 42.1 Å². The van der Waals surface area contributed by atoms with Crippen LogP contribution in [0.3, 0.4) is 0 Å². The number of sulfonamides is 1. The molecule has 9 heteroatoms. The first-order valence-corrected chi connectivity index (χ1v) is 12.8. The van der Waals surface area contributed by atoms with Gasteiger partial charge in [0, 0.05) is 32.2 Å². The molecule has 0 heterocycles. The van der Waals surface area contributed by atoms with Crippen molar-refractivity contribution in [3.63, 3.8) is 0 Å². The summed E-state index contributed by atoms with van der Waals surface area (Å²) in [6.45, 7) is 2.94. The number of nitrogens with zero attached hydrogens (tertiary/aromatic N) is 2. The van der Waals surface area contributed by atoms with Gasteiger partial charge in [-0.25, -0.2) is 8.42 Å². The Morgan fingerprint density at radius 1 is 1.09 bits per heavy atom. The van der Waals surface area contributed by atoms with Crippen molar-refractivity contribution in [2.24, 2.45) is 5.92 Å². The third-order valence-electron chi connectivity index (χ3n) is 5.70. The summed E-state index contributed by atoms with van der Waals surface area (Å²) in [7, 11) is -1.05. The summed E-state index contributed by atoms with van der Waals surface area (Å²) in [5.74, 6) is -0.112. The zero-order valence-corrected chi connectivity index (χ0v) is 20.7. The molecule has 1 amide bonds. The van der Waals surface area contributed by atoms with Crippen molar-refractivity contribution in [2.45, 2.75) is 37.6 Å². The van der Waals surface area contributed by atoms with Crippen LogP contribution in [-0.4, -0.2) is 63.4 Å². The van der Waals surface area contributed by atoms with Crippen LogP contribution in [0.15, 0.2) is 53.4 Å². The second-order valence-electron chi connectivity index (χ2n) is 8.36. The molecule has 1 fully saturated rings. The largest absolute Gasteiger partial charge is 0.495 e. The van der Waals surface area contributed by atoms with Gasteiger partial charge in [-0.05, 0) is 49.4 Å². The summed E-state index contributed by atoms with van der Waals surface area (Å²) < 4.78 is 38.3. The molecule has 0 unspecified atom stereocenters. The summed E-state index contributed by atoms with van der Waals surface area (Å²) in [6.07, 6.45) is 2.17. The number of benzene rings is 2. The van der Waals surface area contributed by atoms with E-state index in [0.29, 0.717) is 12.5 Å². The molecule has 184 valence electrons. The maximum absolute atomic E-state index is 13.4. The summed E-state index contributed by atoms with van der Waals surface area (Å²) in [5, 5.41) is 0. The van der Waals surface area contributed by atoms with Crippen LogP contribution in [0.25, 0.3) is 0 Å². The molecular weight excluding hydrogens is 456 g/mol. The molecule has 3 rings (SSSR count). The van der Waals surface area contributed by atoms with E-state index in [1.54, 1.807) is 17.9 Å². The smallest absolute Gasteiger partial charge is 0.307 e. The molecule has 1 aliphatic rings. The molecule has 1 saturated carbocycles. The lowest BCUT2D eigenvalue weighted by Crippen LogP contribution is -2.35. The number of ether oxygens (including phenoxy) is 2. The van der Waals surface area contributed by atoms with Gasteiger partial charge in [0.2, 0.25) is 10.0 Å². The Hall–Kier alpha value is -2.91. The van der Waals surface area contributed by atoms with Gasteiger partial charge in [0.15, 0.2) is 0 Å². The fraction of sp³-hybridized carbons (Fsp3) is 0.440. The van der Waals surface area contributed by atoms with Crippen molar-refractivity contribution in [1.29, 1.82) is 0 Å². The highest BCUT2D eigenvalue weighted by Crippen LogP contribution is 2.32. The van der Waals surface area contributed by atoms with E-state index in [2.05, 4.69) is 0 Å². The lowest BCUT2D eigenvalue weighted by Gasteiger charge is -2.24. The van der Waals surface area contributed by atoms with E-state index < -0.39 is 10.0 Å². The fourth-order valence-electron chi connectivity index (χ4n) is 3.63. The van der Waals surface area contributed by atoms with Crippen molar-refractivity contribution in [3.05, 3.63) is 59.7 Å².